The standard InChI is InChI=1S/C21H19NO2S2/c1-2-25-18-11-7-6-10-17(18)21(24)22-14-16-12-13-19(26-16)20(23)15-8-4-3-5-9-15/h3-13H,2,14H2,1H3,(H,22,24). The van der Waals surface area contributed by atoms with Gasteiger partial charge in [-0.25, -0.2) is 0 Å². The van der Waals surface area contributed by atoms with Crippen LogP contribution in [0.2, 0.25) is 0 Å². The number of nitrogens with one attached hydrogen (secondary N) is 1. The maximum Gasteiger partial charge on any atom is 0.252 e. The lowest BCUT2D eigenvalue weighted by atomic mass is 10.1. The van der Waals surface area contributed by atoms with Crippen LogP contribution in [-0.4, -0.2) is 17.4 Å². The molecule has 3 aromatic rings. The van der Waals surface area contributed by atoms with Crippen LogP contribution in [0.25, 0.3) is 0 Å². The molecule has 0 saturated heterocycles. The lowest BCUT2D eigenvalue weighted by Gasteiger charge is -2.08. The summed E-state index contributed by atoms with van der Waals surface area (Å²) in [4.78, 5) is 27.6. The van der Waals surface area contributed by atoms with Crippen molar-refractivity contribution >= 4 is 34.8 Å². The third-order valence-electron chi connectivity index (χ3n) is 3.78. The second kappa shape index (κ2) is 8.83. The van der Waals surface area contributed by atoms with E-state index >= 15 is 0 Å². The molecule has 132 valence electrons. The summed E-state index contributed by atoms with van der Waals surface area (Å²) < 4.78 is 0. The van der Waals surface area contributed by atoms with Crippen molar-refractivity contribution in [2.75, 3.05) is 5.75 Å². The number of thioether (sulfide) groups is 1. The molecule has 26 heavy (non-hydrogen) atoms. The van der Waals surface area contributed by atoms with Gasteiger partial charge in [0.2, 0.25) is 5.78 Å². The van der Waals surface area contributed by atoms with E-state index in [4.69, 9.17) is 0 Å². The first-order valence-corrected chi connectivity index (χ1v) is 10.2. The number of rotatable bonds is 7. The van der Waals surface area contributed by atoms with Gasteiger partial charge in [-0.15, -0.1) is 23.1 Å². The molecule has 0 unspecified atom stereocenters. The van der Waals surface area contributed by atoms with Crippen LogP contribution in [0.1, 0.15) is 37.4 Å². The summed E-state index contributed by atoms with van der Waals surface area (Å²) in [5.41, 5.74) is 1.37. The summed E-state index contributed by atoms with van der Waals surface area (Å²) in [7, 11) is 0. The van der Waals surface area contributed by atoms with Gasteiger partial charge in [0.25, 0.3) is 5.91 Å². The van der Waals surface area contributed by atoms with Gasteiger partial charge >= 0.3 is 0 Å². The Morgan fingerprint density at radius 1 is 0.962 bits per heavy atom. The van der Waals surface area contributed by atoms with Crippen molar-refractivity contribution in [3.63, 3.8) is 0 Å². The number of thiophene rings is 1. The predicted octanol–water partition coefficient (Wildman–Crippen LogP) is 5.02. The van der Waals surface area contributed by atoms with Gasteiger partial charge in [-0.2, -0.15) is 0 Å². The highest BCUT2D eigenvalue weighted by molar-refractivity contribution is 7.99. The molecule has 0 spiro atoms. The molecule has 3 nitrogen and oxygen atoms in total. The Bertz CT molecular complexity index is 903. The van der Waals surface area contributed by atoms with Gasteiger partial charge in [0.05, 0.1) is 17.0 Å². The van der Waals surface area contributed by atoms with Crippen molar-refractivity contribution in [1.82, 2.24) is 5.32 Å². The van der Waals surface area contributed by atoms with E-state index in [1.165, 1.54) is 11.3 Å². The zero-order valence-electron chi connectivity index (χ0n) is 14.4. The normalized spacial score (nSPS) is 10.5. The van der Waals surface area contributed by atoms with Gasteiger partial charge in [-0.1, -0.05) is 49.4 Å². The largest absolute Gasteiger partial charge is 0.347 e. The fourth-order valence-electron chi connectivity index (χ4n) is 2.52. The minimum absolute atomic E-state index is 0.0119. The van der Waals surface area contributed by atoms with E-state index in [1.54, 1.807) is 11.8 Å². The zero-order chi connectivity index (χ0) is 18.4. The van der Waals surface area contributed by atoms with Crippen LogP contribution >= 0.6 is 23.1 Å². The number of hydrogen-bond acceptors (Lipinski definition) is 4. The quantitative estimate of drug-likeness (QED) is 0.462. The van der Waals surface area contributed by atoms with Gasteiger partial charge in [-0.3, -0.25) is 9.59 Å². The Labute approximate surface area is 161 Å². The van der Waals surface area contributed by atoms with E-state index in [2.05, 4.69) is 12.2 Å². The fourth-order valence-corrected chi connectivity index (χ4v) is 4.24. The van der Waals surface area contributed by atoms with Gasteiger partial charge in [0.1, 0.15) is 0 Å². The molecule has 0 saturated carbocycles. The topological polar surface area (TPSA) is 46.2 Å². The first-order valence-electron chi connectivity index (χ1n) is 8.37. The molecule has 0 aliphatic carbocycles. The fraction of sp³-hybridized carbons (Fsp3) is 0.143. The van der Waals surface area contributed by atoms with Crippen molar-refractivity contribution in [3.8, 4) is 0 Å². The molecule has 1 N–H and O–H groups in total. The van der Waals surface area contributed by atoms with E-state index in [0.29, 0.717) is 22.5 Å². The van der Waals surface area contributed by atoms with Crippen LogP contribution in [0.4, 0.5) is 0 Å². The summed E-state index contributed by atoms with van der Waals surface area (Å²) in [6, 6.07) is 20.6. The SMILES string of the molecule is CCSc1ccccc1C(=O)NCc1ccc(C(=O)c2ccccc2)s1. The maximum atomic E-state index is 12.5. The van der Waals surface area contributed by atoms with Crippen LogP contribution in [0.15, 0.2) is 71.6 Å². The molecule has 0 radical (unpaired) electrons. The zero-order valence-corrected chi connectivity index (χ0v) is 16.0. The maximum absolute atomic E-state index is 12.5. The Hall–Kier alpha value is -2.37. The predicted molar refractivity (Wildman–Crippen MR) is 108 cm³/mol. The van der Waals surface area contributed by atoms with E-state index in [0.717, 1.165) is 15.5 Å². The molecular weight excluding hydrogens is 362 g/mol. The van der Waals surface area contributed by atoms with Crippen molar-refractivity contribution in [1.29, 1.82) is 0 Å². The highest BCUT2D eigenvalue weighted by Crippen LogP contribution is 2.23. The molecule has 0 atom stereocenters. The average Bonchev–Trinajstić information content (AvgIpc) is 3.16. The Morgan fingerprint density at radius 3 is 2.46 bits per heavy atom. The van der Waals surface area contributed by atoms with Crippen molar-refractivity contribution in [2.45, 2.75) is 18.4 Å². The summed E-state index contributed by atoms with van der Waals surface area (Å²) in [6.45, 7) is 2.48. The van der Waals surface area contributed by atoms with E-state index in [9.17, 15) is 9.59 Å². The molecule has 3 rings (SSSR count). The minimum atomic E-state index is -0.0918. The van der Waals surface area contributed by atoms with E-state index in [1.807, 2.05) is 66.7 Å². The molecule has 0 fully saturated rings. The summed E-state index contributed by atoms with van der Waals surface area (Å²) in [6.07, 6.45) is 0. The smallest absolute Gasteiger partial charge is 0.252 e. The first kappa shape index (κ1) is 18.4. The summed E-state index contributed by atoms with van der Waals surface area (Å²) in [5, 5.41) is 2.95. The summed E-state index contributed by atoms with van der Waals surface area (Å²) in [5.74, 6) is 0.837. The average molecular weight is 382 g/mol. The van der Waals surface area contributed by atoms with Crippen LogP contribution in [0.3, 0.4) is 0 Å². The Kier molecular flexibility index (Phi) is 6.26. The van der Waals surface area contributed by atoms with E-state index in [-0.39, 0.29) is 11.7 Å². The van der Waals surface area contributed by atoms with Gasteiger partial charge in [0, 0.05) is 15.3 Å². The Morgan fingerprint density at radius 2 is 1.69 bits per heavy atom. The molecular formula is C21H19NO2S2. The first-order chi connectivity index (χ1) is 12.7. The minimum Gasteiger partial charge on any atom is -0.347 e. The third-order valence-corrected chi connectivity index (χ3v) is 5.82. The molecule has 2 aromatic carbocycles. The van der Waals surface area contributed by atoms with Gasteiger partial charge in [0.15, 0.2) is 0 Å². The van der Waals surface area contributed by atoms with Crippen LogP contribution < -0.4 is 5.32 Å². The van der Waals surface area contributed by atoms with Gasteiger partial charge in [-0.05, 0) is 30.0 Å². The van der Waals surface area contributed by atoms with Crippen LogP contribution in [0.5, 0.6) is 0 Å². The van der Waals surface area contributed by atoms with Crippen LogP contribution in [0, 0.1) is 0 Å². The number of hydrogen-bond donors (Lipinski definition) is 1. The monoisotopic (exact) mass is 381 g/mol. The number of carbonyl (C=O) groups excluding carboxylic acids is 2. The highest BCUT2D eigenvalue weighted by Gasteiger charge is 2.13. The number of benzene rings is 2. The van der Waals surface area contributed by atoms with Crippen molar-refractivity contribution < 1.29 is 9.59 Å². The van der Waals surface area contributed by atoms with Crippen molar-refractivity contribution in [2.24, 2.45) is 0 Å². The molecule has 1 aromatic heterocycles. The number of ketones is 1. The number of amides is 1. The Balaban J connectivity index is 1.65. The molecule has 1 heterocycles. The molecule has 0 aliphatic heterocycles. The van der Waals surface area contributed by atoms with Crippen LogP contribution in [-0.2, 0) is 6.54 Å². The molecule has 0 aliphatic rings. The lowest BCUT2D eigenvalue weighted by Crippen LogP contribution is -2.22. The second-order valence-electron chi connectivity index (χ2n) is 5.57. The van der Waals surface area contributed by atoms with E-state index < -0.39 is 0 Å². The molecule has 5 heteroatoms. The molecule has 1 amide bonds. The lowest BCUT2D eigenvalue weighted by molar-refractivity contribution is 0.0948. The van der Waals surface area contributed by atoms with Gasteiger partial charge < -0.3 is 5.32 Å². The third kappa shape index (κ3) is 4.42. The van der Waals surface area contributed by atoms with Crippen molar-refractivity contribution in [3.05, 3.63) is 87.6 Å². The second-order valence-corrected chi connectivity index (χ2v) is 8.05. The highest BCUT2D eigenvalue weighted by atomic mass is 32.2. The number of carbonyl (C=O) groups is 2. The molecule has 0 bridgehead atoms. The summed E-state index contributed by atoms with van der Waals surface area (Å²) >= 11 is 3.07.